The number of hydrogen-bond donors (Lipinski definition) is 1. The summed E-state index contributed by atoms with van der Waals surface area (Å²) in [5, 5.41) is 2.83. The smallest absolute Gasteiger partial charge is 0.338 e. The van der Waals surface area contributed by atoms with Gasteiger partial charge in [0.05, 0.1) is 18.8 Å². The Bertz CT molecular complexity index is 810. The molecule has 5 heteroatoms. The molecule has 0 radical (unpaired) electrons. The van der Waals surface area contributed by atoms with E-state index < -0.39 is 0 Å². The Balaban J connectivity index is 1.72. The van der Waals surface area contributed by atoms with Crippen LogP contribution in [-0.2, 0) is 14.9 Å². The summed E-state index contributed by atoms with van der Waals surface area (Å²) in [4.78, 5) is 23.9. The van der Waals surface area contributed by atoms with Gasteiger partial charge in [-0.3, -0.25) is 4.79 Å². The fraction of sp³-hybridized carbons (Fsp3) is 0.440. The number of amides is 1. The molecule has 5 nitrogen and oxygen atoms in total. The highest BCUT2D eigenvalue weighted by atomic mass is 16.5. The molecule has 0 fully saturated rings. The lowest BCUT2D eigenvalue weighted by Crippen LogP contribution is -2.15. The molecule has 162 valence electrons. The van der Waals surface area contributed by atoms with Crippen LogP contribution in [0.1, 0.15) is 69.3 Å². The molecule has 2 rings (SSSR count). The molecule has 0 aliphatic heterocycles. The number of nitrogens with one attached hydrogen (secondary N) is 1. The lowest BCUT2D eigenvalue weighted by molar-refractivity contribution is -0.116. The normalized spacial score (nSPS) is 11.1. The van der Waals surface area contributed by atoms with Gasteiger partial charge in [0.2, 0.25) is 5.91 Å². The molecule has 0 saturated heterocycles. The largest absolute Gasteiger partial charge is 0.494 e. The van der Waals surface area contributed by atoms with Gasteiger partial charge in [0.1, 0.15) is 5.75 Å². The average molecular weight is 412 g/mol. The third-order valence-corrected chi connectivity index (χ3v) is 5.18. The van der Waals surface area contributed by atoms with E-state index in [-0.39, 0.29) is 17.3 Å². The van der Waals surface area contributed by atoms with Crippen molar-refractivity contribution in [1.82, 2.24) is 0 Å². The van der Waals surface area contributed by atoms with Gasteiger partial charge in [-0.25, -0.2) is 4.79 Å². The Labute approximate surface area is 179 Å². The van der Waals surface area contributed by atoms with Gasteiger partial charge < -0.3 is 14.8 Å². The Morgan fingerprint density at radius 1 is 0.933 bits per heavy atom. The Morgan fingerprint density at radius 3 is 2.20 bits per heavy atom. The van der Waals surface area contributed by atoms with Gasteiger partial charge in [-0.15, -0.1) is 0 Å². The highest BCUT2D eigenvalue weighted by Crippen LogP contribution is 2.28. The van der Waals surface area contributed by atoms with Gasteiger partial charge in [-0.1, -0.05) is 39.8 Å². The van der Waals surface area contributed by atoms with E-state index in [9.17, 15) is 9.59 Å². The first kappa shape index (κ1) is 23.5. The SMILES string of the molecule is CCCOC(=O)c1ccc(NC(=O)CCCOc2ccc(C(C)(C)CC)cc2)cc1. The van der Waals surface area contributed by atoms with E-state index in [0.717, 1.165) is 18.6 Å². The molecule has 0 aliphatic rings. The van der Waals surface area contributed by atoms with Gasteiger partial charge in [0.25, 0.3) is 0 Å². The standard InChI is InChI=1S/C25H33NO4/c1-5-17-30-24(28)19-9-13-21(14-10-19)26-23(27)8-7-18-29-22-15-11-20(12-16-22)25(3,4)6-2/h9-16H,5-8,17-18H2,1-4H3,(H,26,27). The summed E-state index contributed by atoms with van der Waals surface area (Å²) in [5.41, 5.74) is 2.58. The number of hydrogen-bond acceptors (Lipinski definition) is 4. The quantitative estimate of drug-likeness (QED) is 0.378. The van der Waals surface area contributed by atoms with Crippen molar-refractivity contribution >= 4 is 17.6 Å². The molecule has 0 spiro atoms. The monoisotopic (exact) mass is 411 g/mol. The molecule has 2 aromatic rings. The zero-order chi connectivity index (χ0) is 22.0. The van der Waals surface area contributed by atoms with Gasteiger partial charge in [0.15, 0.2) is 0 Å². The zero-order valence-electron chi connectivity index (χ0n) is 18.5. The number of esters is 1. The third kappa shape index (κ3) is 7.21. The lowest BCUT2D eigenvalue weighted by Gasteiger charge is -2.23. The predicted molar refractivity (Wildman–Crippen MR) is 120 cm³/mol. The van der Waals surface area contributed by atoms with Crippen LogP contribution in [0.5, 0.6) is 5.75 Å². The number of rotatable bonds is 11. The molecule has 1 amide bonds. The molecule has 0 unspecified atom stereocenters. The van der Waals surface area contributed by atoms with E-state index in [0.29, 0.717) is 37.3 Å². The van der Waals surface area contributed by atoms with Gasteiger partial charge in [-0.2, -0.15) is 0 Å². The van der Waals surface area contributed by atoms with Crippen molar-refractivity contribution < 1.29 is 19.1 Å². The molecular formula is C25H33NO4. The lowest BCUT2D eigenvalue weighted by atomic mass is 9.82. The van der Waals surface area contributed by atoms with E-state index in [1.807, 2.05) is 19.1 Å². The van der Waals surface area contributed by atoms with Gasteiger partial charge >= 0.3 is 5.97 Å². The summed E-state index contributed by atoms with van der Waals surface area (Å²) in [6.07, 6.45) is 2.84. The molecule has 0 aromatic heterocycles. The second kappa shape index (κ2) is 11.4. The number of carbonyl (C=O) groups is 2. The van der Waals surface area contributed by atoms with Crippen molar-refractivity contribution in [2.45, 2.75) is 58.8 Å². The van der Waals surface area contributed by atoms with E-state index in [1.165, 1.54) is 5.56 Å². The molecular weight excluding hydrogens is 378 g/mol. The first-order chi connectivity index (χ1) is 14.4. The molecule has 2 aromatic carbocycles. The van der Waals surface area contributed by atoms with Crippen molar-refractivity contribution in [3.63, 3.8) is 0 Å². The van der Waals surface area contributed by atoms with Crippen LogP contribution in [0.4, 0.5) is 5.69 Å². The summed E-state index contributed by atoms with van der Waals surface area (Å²) in [5.74, 6) is 0.384. The first-order valence-electron chi connectivity index (χ1n) is 10.7. The summed E-state index contributed by atoms with van der Waals surface area (Å²) in [6, 6.07) is 14.9. The Kier molecular flexibility index (Phi) is 8.90. The highest BCUT2D eigenvalue weighted by molar-refractivity contribution is 5.93. The van der Waals surface area contributed by atoms with Crippen LogP contribution in [0.25, 0.3) is 0 Å². The summed E-state index contributed by atoms with van der Waals surface area (Å²) in [7, 11) is 0. The first-order valence-corrected chi connectivity index (χ1v) is 10.7. The van der Waals surface area contributed by atoms with E-state index in [4.69, 9.17) is 9.47 Å². The molecule has 1 N–H and O–H groups in total. The molecule has 0 bridgehead atoms. The van der Waals surface area contributed by atoms with Crippen LogP contribution in [-0.4, -0.2) is 25.1 Å². The zero-order valence-corrected chi connectivity index (χ0v) is 18.5. The minimum atomic E-state index is -0.349. The van der Waals surface area contributed by atoms with E-state index in [2.05, 4.69) is 38.2 Å². The van der Waals surface area contributed by atoms with Crippen LogP contribution >= 0.6 is 0 Å². The van der Waals surface area contributed by atoms with Crippen LogP contribution in [0.3, 0.4) is 0 Å². The Hall–Kier alpha value is -2.82. The Morgan fingerprint density at radius 2 is 1.60 bits per heavy atom. The summed E-state index contributed by atoms with van der Waals surface area (Å²) in [6.45, 7) is 9.47. The number of anilines is 1. The van der Waals surface area contributed by atoms with Crippen molar-refractivity contribution in [3.05, 3.63) is 59.7 Å². The maximum atomic E-state index is 12.1. The van der Waals surface area contributed by atoms with Crippen LogP contribution in [0.2, 0.25) is 0 Å². The van der Waals surface area contributed by atoms with Crippen molar-refractivity contribution in [1.29, 1.82) is 0 Å². The third-order valence-electron chi connectivity index (χ3n) is 5.18. The van der Waals surface area contributed by atoms with Crippen molar-refractivity contribution in [2.75, 3.05) is 18.5 Å². The number of benzene rings is 2. The molecule has 0 saturated carbocycles. The van der Waals surface area contributed by atoms with Gasteiger partial charge in [0, 0.05) is 12.1 Å². The fourth-order valence-corrected chi connectivity index (χ4v) is 2.82. The van der Waals surface area contributed by atoms with Crippen LogP contribution in [0.15, 0.2) is 48.5 Å². The minimum absolute atomic E-state index is 0.0834. The maximum Gasteiger partial charge on any atom is 0.338 e. The fourth-order valence-electron chi connectivity index (χ4n) is 2.82. The molecule has 0 aliphatic carbocycles. The number of ether oxygens (including phenoxy) is 2. The van der Waals surface area contributed by atoms with Crippen LogP contribution < -0.4 is 10.1 Å². The molecule has 0 heterocycles. The predicted octanol–water partition coefficient (Wildman–Crippen LogP) is 5.74. The molecule has 30 heavy (non-hydrogen) atoms. The summed E-state index contributed by atoms with van der Waals surface area (Å²) >= 11 is 0. The van der Waals surface area contributed by atoms with Gasteiger partial charge in [-0.05, 0) is 66.6 Å². The van der Waals surface area contributed by atoms with Crippen LogP contribution in [0, 0.1) is 0 Å². The maximum absolute atomic E-state index is 12.1. The summed E-state index contributed by atoms with van der Waals surface area (Å²) < 4.78 is 10.8. The minimum Gasteiger partial charge on any atom is -0.494 e. The van der Waals surface area contributed by atoms with Crippen molar-refractivity contribution in [3.8, 4) is 5.75 Å². The second-order valence-corrected chi connectivity index (χ2v) is 7.98. The highest BCUT2D eigenvalue weighted by Gasteiger charge is 2.17. The second-order valence-electron chi connectivity index (χ2n) is 7.98. The van der Waals surface area contributed by atoms with Crippen molar-refractivity contribution in [2.24, 2.45) is 0 Å². The van der Waals surface area contributed by atoms with E-state index >= 15 is 0 Å². The number of carbonyl (C=O) groups excluding carboxylic acids is 2. The van der Waals surface area contributed by atoms with E-state index in [1.54, 1.807) is 24.3 Å². The average Bonchev–Trinajstić information content (AvgIpc) is 2.76. The topological polar surface area (TPSA) is 64.6 Å². The molecule has 0 atom stereocenters.